The summed E-state index contributed by atoms with van der Waals surface area (Å²) in [5.74, 6) is -1.29. The Balaban J connectivity index is 2.18. The Morgan fingerprint density at radius 3 is 2.68 bits per heavy atom. The normalized spacial score (nSPS) is 12.2. The number of carbonyl (C=O) groups excluding carboxylic acids is 1. The first-order valence-corrected chi connectivity index (χ1v) is 7.38. The first-order chi connectivity index (χ1) is 10.6. The highest BCUT2D eigenvalue weighted by Gasteiger charge is 2.17. The topological polar surface area (TPSA) is 75.6 Å². The summed E-state index contributed by atoms with van der Waals surface area (Å²) in [7, 11) is 0. The Bertz CT molecular complexity index is 485. The molecule has 0 aliphatic heterocycles. The van der Waals surface area contributed by atoms with Gasteiger partial charge in [-0.25, -0.2) is 4.79 Å². The summed E-state index contributed by atoms with van der Waals surface area (Å²) >= 11 is 0. The van der Waals surface area contributed by atoms with Crippen LogP contribution in [0.3, 0.4) is 0 Å². The van der Waals surface area contributed by atoms with Crippen molar-refractivity contribution in [3.63, 3.8) is 0 Å². The standard InChI is InChI=1S/C17H23NO4/c1-2-3-10-15(17(20)21)18-16(19)11-7-12-22-13-14-8-5-4-6-9-14/h2-6,8-9,15H,7,10-13H2,1H3,(H,18,19)(H,20,21)/b3-2+. The van der Waals surface area contributed by atoms with Gasteiger partial charge in [-0.2, -0.15) is 0 Å². The zero-order chi connectivity index (χ0) is 16.2. The van der Waals surface area contributed by atoms with Crippen LogP contribution < -0.4 is 5.32 Å². The van der Waals surface area contributed by atoms with Crippen molar-refractivity contribution < 1.29 is 19.4 Å². The molecule has 0 bridgehead atoms. The van der Waals surface area contributed by atoms with E-state index in [1.165, 1.54) is 0 Å². The second-order valence-corrected chi connectivity index (χ2v) is 4.90. The maximum absolute atomic E-state index is 11.7. The molecule has 1 unspecified atom stereocenters. The Morgan fingerprint density at radius 1 is 1.32 bits per heavy atom. The minimum Gasteiger partial charge on any atom is -0.480 e. The summed E-state index contributed by atoms with van der Waals surface area (Å²) in [4.78, 5) is 22.7. The molecule has 5 heteroatoms. The number of carboxylic acids is 1. The number of amides is 1. The van der Waals surface area contributed by atoms with Gasteiger partial charge in [-0.3, -0.25) is 4.79 Å². The number of carbonyl (C=O) groups is 2. The van der Waals surface area contributed by atoms with Gasteiger partial charge in [0.05, 0.1) is 6.61 Å². The molecule has 22 heavy (non-hydrogen) atoms. The Labute approximate surface area is 131 Å². The summed E-state index contributed by atoms with van der Waals surface area (Å²) in [6.07, 6.45) is 4.60. The molecule has 120 valence electrons. The van der Waals surface area contributed by atoms with Crippen molar-refractivity contribution in [2.45, 2.75) is 38.8 Å². The number of nitrogens with one attached hydrogen (secondary N) is 1. The Kier molecular flexibility index (Phi) is 8.60. The number of rotatable bonds is 10. The van der Waals surface area contributed by atoms with Crippen molar-refractivity contribution in [2.75, 3.05) is 6.61 Å². The van der Waals surface area contributed by atoms with E-state index in [9.17, 15) is 9.59 Å². The molecule has 0 radical (unpaired) electrons. The Morgan fingerprint density at radius 2 is 2.05 bits per heavy atom. The van der Waals surface area contributed by atoms with Crippen molar-refractivity contribution >= 4 is 11.9 Å². The van der Waals surface area contributed by atoms with E-state index >= 15 is 0 Å². The highest BCUT2D eigenvalue weighted by molar-refractivity contribution is 5.83. The molecule has 0 heterocycles. The van der Waals surface area contributed by atoms with Crippen molar-refractivity contribution in [3.8, 4) is 0 Å². The van der Waals surface area contributed by atoms with Gasteiger partial charge in [-0.1, -0.05) is 42.5 Å². The molecule has 1 amide bonds. The fourth-order valence-corrected chi connectivity index (χ4v) is 1.86. The maximum Gasteiger partial charge on any atom is 0.326 e. The number of benzene rings is 1. The third kappa shape index (κ3) is 7.59. The fraction of sp³-hybridized carbons (Fsp3) is 0.412. The zero-order valence-corrected chi connectivity index (χ0v) is 12.8. The largest absolute Gasteiger partial charge is 0.480 e. The van der Waals surface area contributed by atoms with Gasteiger partial charge in [0.25, 0.3) is 0 Å². The van der Waals surface area contributed by atoms with Crippen molar-refractivity contribution in [1.82, 2.24) is 5.32 Å². The number of ether oxygens (including phenoxy) is 1. The van der Waals surface area contributed by atoms with Gasteiger partial charge in [-0.15, -0.1) is 0 Å². The molecule has 0 aromatic heterocycles. The van der Waals surface area contributed by atoms with Crippen LogP contribution in [0.4, 0.5) is 0 Å². The van der Waals surface area contributed by atoms with E-state index < -0.39 is 12.0 Å². The molecule has 5 nitrogen and oxygen atoms in total. The minimum atomic E-state index is -1.02. The van der Waals surface area contributed by atoms with Crippen LogP contribution in [-0.2, 0) is 20.9 Å². The van der Waals surface area contributed by atoms with Gasteiger partial charge in [0.2, 0.25) is 5.91 Å². The molecule has 0 saturated carbocycles. The van der Waals surface area contributed by atoms with Crippen LogP contribution in [0.25, 0.3) is 0 Å². The van der Waals surface area contributed by atoms with Crippen LogP contribution in [0.1, 0.15) is 31.7 Å². The number of hydrogen-bond acceptors (Lipinski definition) is 3. The molecular weight excluding hydrogens is 282 g/mol. The number of carboxylic acid groups (broad SMARTS) is 1. The van der Waals surface area contributed by atoms with E-state index in [2.05, 4.69) is 5.32 Å². The van der Waals surface area contributed by atoms with E-state index in [0.717, 1.165) is 5.56 Å². The molecule has 0 saturated heterocycles. The van der Waals surface area contributed by atoms with Gasteiger partial charge in [0.1, 0.15) is 6.04 Å². The van der Waals surface area contributed by atoms with E-state index in [0.29, 0.717) is 26.1 Å². The quantitative estimate of drug-likeness (QED) is 0.514. The highest BCUT2D eigenvalue weighted by atomic mass is 16.5. The lowest BCUT2D eigenvalue weighted by Crippen LogP contribution is -2.40. The number of allylic oxidation sites excluding steroid dienone is 1. The van der Waals surface area contributed by atoms with Crippen LogP contribution in [0.2, 0.25) is 0 Å². The van der Waals surface area contributed by atoms with Crippen LogP contribution in [0.5, 0.6) is 0 Å². The van der Waals surface area contributed by atoms with Gasteiger partial charge in [0, 0.05) is 13.0 Å². The predicted molar refractivity (Wildman–Crippen MR) is 84.3 cm³/mol. The van der Waals surface area contributed by atoms with E-state index in [4.69, 9.17) is 9.84 Å². The number of hydrogen-bond donors (Lipinski definition) is 2. The van der Waals surface area contributed by atoms with Crippen molar-refractivity contribution in [3.05, 3.63) is 48.0 Å². The SMILES string of the molecule is C/C=C/CC(NC(=O)CCCOCc1ccccc1)C(=O)O. The number of aliphatic carboxylic acids is 1. The second-order valence-electron chi connectivity index (χ2n) is 4.90. The third-order valence-corrected chi connectivity index (χ3v) is 3.04. The van der Waals surface area contributed by atoms with Crippen molar-refractivity contribution in [1.29, 1.82) is 0 Å². The van der Waals surface area contributed by atoms with E-state index in [1.54, 1.807) is 12.2 Å². The van der Waals surface area contributed by atoms with E-state index in [-0.39, 0.29) is 12.3 Å². The zero-order valence-electron chi connectivity index (χ0n) is 12.8. The van der Waals surface area contributed by atoms with Gasteiger partial charge in [-0.05, 0) is 25.3 Å². The third-order valence-electron chi connectivity index (χ3n) is 3.04. The van der Waals surface area contributed by atoms with Gasteiger partial charge >= 0.3 is 5.97 Å². The molecule has 2 N–H and O–H groups in total. The van der Waals surface area contributed by atoms with E-state index in [1.807, 2.05) is 37.3 Å². The molecule has 1 aromatic rings. The van der Waals surface area contributed by atoms with Gasteiger partial charge < -0.3 is 15.2 Å². The average molecular weight is 305 g/mol. The lowest BCUT2D eigenvalue weighted by molar-refractivity contribution is -0.141. The molecule has 0 spiro atoms. The maximum atomic E-state index is 11.7. The summed E-state index contributed by atoms with van der Waals surface area (Å²) in [5.41, 5.74) is 1.09. The molecule has 1 aromatic carbocycles. The molecule has 0 aliphatic carbocycles. The monoisotopic (exact) mass is 305 g/mol. The smallest absolute Gasteiger partial charge is 0.326 e. The predicted octanol–water partition coefficient (Wildman–Crippen LogP) is 2.52. The van der Waals surface area contributed by atoms with Crippen molar-refractivity contribution in [2.24, 2.45) is 0 Å². The summed E-state index contributed by atoms with van der Waals surface area (Å²) in [6, 6.07) is 8.93. The molecule has 1 atom stereocenters. The first kappa shape index (κ1) is 17.9. The summed E-state index contributed by atoms with van der Waals surface area (Å²) in [5, 5.41) is 11.5. The van der Waals surface area contributed by atoms with Gasteiger partial charge in [0.15, 0.2) is 0 Å². The van der Waals surface area contributed by atoms with Crippen LogP contribution >= 0.6 is 0 Å². The fourth-order valence-electron chi connectivity index (χ4n) is 1.86. The minimum absolute atomic E-state index is 0.258. The molecule has 1 rings (SSSR count). The highest BCUT2D eigenvalue weighted by Crippen LogP contribution is 2.02. The van der Waals surface area contributed by atoms with Crippen LogP contribution in [0, 0.1) is 0 Å². The summed E-state index contributed by atoms with van der Waals surface area (Å²) < 4.78 is 5.48. The molecule has 0 aliphatic rings. The lowest BCUT2D eigenvalue weighted by Gasteiger charge is -2.12. The summed E-state index contributed by atoms with van der Waals surface area (Å²) in [6.45, 7) is 2.79. The van der Waals surface area contributed by atoms with Crippen LogP contribution in [0.15, 0.2) is 42.5 Å². The average Bonchev–Trinajstić information content (AvgIpc) is 2.51. The second kappa shape index (κ2) is 10.6. The van der Waals surface area contributed by atoms with Crippen LogP contribution in [-0.4, -0.2) is 29.6 Å². The molecule has 0 fully saturated rings. The first-order valence-electron chi connectivity index (χ1n) is 7.38. The molecular formula is C17H23NO4. The lowest BCUT2D eigenvalue weighted by atomic mass is 10.2. The Hall–Kier alpha value is -2.14.